The van der Waals surface area contributed by atoms with E-state index in [1.54, 1.807) is 60.7 Å². The number of phosphoric acid groups is 1. The fraction of sp³-hybridized carbons (Fsp3) is 0.636. The lowest BCUT2D eigenvalue weighted by Crippen LogP contribution is -2.66. The van der Waals surface area contributed by atoms with Gasteiger partial charge in [-0.1, -0.05) is 291 Å². The highest BCUT2D eigenvalue weighted by Gasteiger charge is 2.54. The first-order valence-electron chi connectivity index (χ1n) is 36.0. The molecular formula is C77H116NO14P. The van der Waals surface area contributed by atoms with Gasteiger partial charge in [0.25, 0.3) is 0 Å². The van der Waals surface area contributed by atoms with Gasteiger partial charge in [0.15, 0.2) is 6.10 Å². The second kappa shape index (κ2) is 49.0. The van der Waals surface area contributed by atoms with Crippen LogP contribution in [0.25, 0.3) is 0 Å². The molecule has 518 valence electrons. The maximum atomic E-state index is 15.6. The van der Waals surface area contributed by atoms with Crippen LogP contribution in [0.15, 0.2) is 121 Å². The number of carbonyl (C=O) groups excluding carboxylic acids is 4. The molecule has 15 nitrogen and oxygen atoms in total. The number of ether oxygens (including phenoxy) is 6. The Balaban J connectivity index is 1.49. The van der Waals surface area contributed by atoms with Crippen molar-refractivity contribution in [2.45, 2.75) is 301 Å². The van der Waals surface area contributed by atoms with Crippen molar-refractivity contribution in [3.63, 3.8) is 0 Å². The molecule has 0 saturated carbocycles. The first kappa shape index (κ1) is 78.1. The Hall–Kier alpha value is -5.57. The van der Waals surface area contributed by atoms with Crippen LogP contribution in [0.3, 0.4) is 0 Å². The average molecular weight is 1310 g/mol. The highest BCUT2D eigenvalue weighted by Crippen LogP contribution is 2.52. The molecule has 1 heterocycles. The molecule has 0 unspecified atom stereocenters. The van der Waals surface area contributed by atoms with Crippen molar-refractivity contribution in [3.8, 4) is 11.5 Å². The second-order valence-corrected chi connectivity index (χ2v) is 26.8. The maximum Gasteiger partial charge on any atom is 0.588 e. The Kier molecular flexibility index (Phi) is 41.2. The van der Waals surface area contributed by atoms with E-state index in [0.29, 0.717) is 25.7 Å². The van der Waals surface area contributed by atoms with Crippen LogP contribution in [-0.2, 0) is 69.9 Å². The number of benzene rings is 4. The highest BCUT2D eigenvalue weighted by atomic mass is 31.2. The molecule has 4 aromatic rings. The smallest absolute Gasteiger partial charge is 0.462 e. The van der Waals surface area contributed by atoms with E-state index in [1.807, 2.05) is 60.7 Å². The number of unbranched alkanes of at least 4 members (excludes halogenated alkanes) is 26. The zero-order valence-corrected chi connectivity index (χ0v) is 58.0. The monoisotopic (exact) mass is 1310 g/mol. The normalized spacial score (nSPS) is 17.1. The number of esters is 3. The molecular weight excluding hydrogens is 1190 g/mol. The first-order valence-corrected chi connectivity index (χ1v) is 37.4. The molecule has 1 aliphatic heterocycles. The third-order valence-corrected chi connectivity index (χ3v) is 18.6. The zero-order chi connectivity index (χ0) is 66.2. The topological polar surface area (TPSA) is 180 Å². The number of phosphoric ester groups is 1. The molecule has 5 rings (SSSR count). The predicted molar refractivity (Wildman–Crippen MR) is 369 cm³/mol. The van der Waals surface area contributed by atoms with Gasteiger partial charge >= 0.3 is 25.7 Å². The van der Waals surface area contributed by atoms with E-state index >= 15 is 14.2 Å². The number of carbonyl (C=O) groups is 4. The van der Waals surface area contributed by atoms with Gasteiger partial charge in [-0.15, -0.1) is 0 Å². The van der Waals surface area contributed by atoms with E-state index in [1.165, 1.54) is 110 Å². The van der Waals surface area contributed by atoms with Crippen LogP contribution in [0, 0.1) is 0 Å². The molecule has 4 aromatic carbocycles. The van der Waals surface area contributed by atoms with Gasteiger partial charge in [0.2, 0.25) is 5.91 Å². The lowest BCUT2D eigenvalue weighted by Gasteiger charge is -2.46. The molecule has 1 aliphatic rings. The largest absolute Gasteiger partial charge is 0.588 e. The Morgan fingerprint density at radius 2 is 0.903 bits per heavy atom. The standard InChI is InChI=1S/C77H116NO14P/c1-5-8-11-14-17-20-21-24-27-30-45-56-72(80)87-68(55-40-29-26-23-19-16-13-10-7-3)58-74(82)89-77-75(78-71(79)57-67(85-60-63-46-35-31-36-47-63)54-39-28-25-22-18-15-12-9-6-2)69(59-73(81)86-61-64-48-37-32-38-49-64)88-70(62-84-4)76(77)92-93(83,90-65-50-41-33-42-51-65)91-66-52-43-34-44-53-66/h31-38,41-44,46-53,67-70,75-77H,5-30,39-40,45,54-62H2,1-4H3,(H,78,79)/t67-,68-,69-,70-,75+,76-,77-/m1/s1. The van der Waals surface area contributed by atoms with Crippen molar-refractivity contribution in [3.05, 3.63) is 132 Å². The minimum atomic E-state index is -4.84. The summed E-state index contributed by atoms with van der Waals surface area (Å²) in [6, 6.07) is 34.5. The molecule has 1 N–H and O–H groups in total. The Labute approximate surface area is 559 Å². The molecule has 16 heteroatoms. The van der Waals surface area contributed by atoms with Gasteiger partial charge in [-0.3, -0.25) is 23.7 Å². The van der Waals surface area contributed by atoms with Crippen molar-refractivity contribution in [2.75, 3.05) is 13.7 Å². The minimum absolute atomic E-state index is 0.0382. The van der Waals surface area contributed by atoms with Gasteiger partial charge in [0, 0.05) is 13.5 Å². The molecule has 1 saturated heterocycles. The molecule has 0 aliphatic carbocycles. The fourth-order valence-corrected chi connectivity index (χ4v) is 13.4. The van der Waals surface area contributed by atoms with Gasteiger partial charge in [-0.25, -0.2) is 4.57 Å². The van der Waals surface area contributed by atoms with E-state index < -0.39 is 74.8 Å². The van der Waals surface area contributed by atoms with E-state index in [4.69, 9.17) is 42.0 Å². The summed E-state index contributed by atoms with van der Waals surface area (Å²) >= 11 is 0. The fourth-order valence-electron chi connectivity index (χ4n) is 11.9. The summed E-state index contributed by atoms with van der Waals surface area (Å²) in [7, 11) is -3.39. The third kappa shape index (κ3) is 34.6. The van der Waals surface area contributed by atoms with Crippen molar-refractivity contribution < 1.29 is 65.7 Å². The van der Waals surface area contributed by atoms with Crippen molar-refractivity contribution in [2.24, 2.45) is 0 Å². The van der Waals surface area contributed by atoms with Crippen LogP contribution >= 0.6 is 7.82 Å². The van der Waals surface area contributed by atoms with Gasteiger partial charge in [-0.05, 0) is 61.1 Å². The minimum Gasteiger partial charge on any atom is -0.462 e. The van der Waals surface area contributed by atoms with E-state index in [0.717, 1.165) is 81.8 Å². The SMILES string of the molecule is CCCCCCCCCCCCCC(=O)O[C@H](CCCCCCCCCCC)CC(=O)O[C@@H]1[C@@H](NC(=O)C[C@@H](CCCCCCCCCCC)OCc2ccccc2)[C@@H](CC(=O)OCc2ccccc2)O[C@H](COC)[C@H]1OP(=O)(Oc1ccccc1)Oc1ccccc1. The quantitative estimate of drug-likeness (QED) is 0.0191. The van der Waals surface area contributed by atoms with Crippen molar-refractivity contribution >= 4 is 31.6 Å². The van der Waals surface area contributed by atoms with Crippen LogP contribution in [0.2, 0.25) is 0 Å². The van der Waals surface area contributed by atoms with E-state index in [9.17, 15) is 9.59 Å². The summed E-state index contributed by atoms with van der Waals surface area (Å²) in [5.74, 6) is -2.00. The van der Waals surface area contributed by atoms with Crippen LogP contribution in [-0.4, -0.2) is 80.2 Å². The Bertz CT molecular complexity index is 2550. The van der Waals surface area contributed by atoms with E-state index in [-0.39, 0.29) is 56.6 Å². The lowest BCUT2D eigenvalue weighted by molar-refractivity contribution is -0.212. The summed E-state index contributed by atoms with van der Waals surface area (Å²) in [4.78, 5) is 58.3. The summed E-state index contributed by atoms with van der Waals surface area (Å²) in [6.45, 7) is 6.69. The number of amides is 1. The molecule has 1 amide bonds. The van der Waals surface area contributed by atoms with Gasteiger partial charge in [0.1, 0.15) is 36.4 Å². The van der Waals surface area contributed by atoms with Crippen molar-refractivity contribution in [1.29, 1.82) is 0 Å². The number of rotatable bonds is 54. The summed E-state index contributed by atoms with van der Waals surface area (Å²) in [6.07, 6.45) is 25.9. The van der Waals surface area contributed by atoms with E-state index in [2.05, 4.69) is 26.1 Å². The van der Waals surface area contributed by atoms with Gasteiger partial charge in [-0.2, -0.15) is 0 Å². The van der Waals surface area contributed by atoms with Crippen LogP contribution < -0.4 is 14.4 Å². The zero-order valence-electron chi connectivity index (χ0n) is 57.1. The van der Waals surface area contributed by atoms with Gasteiger partial charge in [0.05, 0.1) is 50.7 Å². The Morgan fingerprint density at radius 3 is 1.38 bits per heavy atom. The molecule has 0 radical (unpaired) electrons. The molecule has 93 heavy (non-hydrogen) atoms. The number of hydrogen-bond acceptors (Lipinski definition) is 14. The van der Waals surface area contributed by atoms with Gasteiger partial charge < -0.3 is 42.8 Å². The second-order valence-electron chi connectivity index (χ2n) is 25.4. The summed E-state index contributed by atoms with van der Waals surface area (Å²) in [5.41, 5.74) is 1.71. The van der Waals surface area contributed by atoms with Crippen LogP contribution in [0.4, 0.5) is 0 Å². The molecule has 0 aromatic heterocycles. The lowest BCUT2D eigenvalue weighted by atomic mass is 9.90. The number of methoxy groups -OCH3 is 1. The number of nitrogens with one attached hydrogen (secondary N) is 1. The van der Waals surface area contributed by atoms with Crippen LogP contribution in [0.1, 0.15) is 257 Å². The third-order valence-electron chi connectivity index (χ3n) is 17.2. The summed E-state index contributed by atoms with van der Waals surface area (Å²) in [5, 5.41) is 3.15. The number of hydrogen-bond donors (Lipinski definition) is 1. The number of para-hydroxylation sites is 2. The Morgan fingerprint density at radius 1 is 0.473 bits per heavy atom. The summed E-state index contributed by atoms with van der Waals surface area (Å²) < 4.78 is 72.6. The molecule has 7 atom stereocenters. The average Bonchev–Trinajstić information content (AvgIpc) is 0.821. The highest BCUT2D eigenvalue weighted by molar-refractivity contribution is 7.49. The molecule has 0 bridgehead atoms. The maximum absolute atomic E-state index is 15.6. The predicted octanol–water partition coefficient (Wildman–Crippen LogP) is 19.4. The molecule has 1 fully saturated rings. The molecule has 0 spiro atoms. The van der Waals surface area contributed by atoms with Crippen LogP contribution in [0.5, 0.6) is 11.5 Å². The van der Waals surface area contributed by atoms with Crippen molar-refractivity contribution in [1.82, 2.24) is 5.32 Å². The first-order chi connectivity index (χ1) is 45.5.